The number of ether oxygens (including phenoxy) is 1. The topological polar surface area (TPSA) is 66.8 Å². The van der Waals surface area contributed by atoms with Gasteiger partial charge in [0.1, 0.15) is 6.10 Å². The first-order chi connectivity index (χ1) is 13.1. The maximum atomic E-state index is 12.0. The lowest BCUT2D eigenvalue weighted by Gasteiger charge is -2.23. The highest BCUT2D eigenvalue weighted by molar-refractivity contribution is 5.69. The largest absolute Gasteiger partial charge is 0.462 e. The van der Waals surface area contributed by atoms with Crippen LogP contribution in [0, 0.1) is 11.8 Å². The summed E-state index contributed by atoms with van der Waals surface area (Å²) in [6.45, 7) is 0. The number of aliphatic hydroxyl groups excluding tert-OH is 2. The van der Waals surface area contributed by atoms with E-state index in [9.17, 15) is 15.0 Å². The van der Waals surface area contributed by atoms with Crippen LogP contribution in [0.15, 0.2) is 54.6 Å². The fourth-order valence-electron chi connectivity index (χ4n) is 4.09. The van der Waals surface area contributed by atoms with Crippen LogP contribution in [-0.4, -0.2) is 34.5 Å². The first-order valence-electron chi connectivity index (χ1n) is 10.1. The second-order valence-corrected chi connectivity index (χ2v) is 7.65. The van der Waals surface area contributed by atoms with Crippen molar-refractivity contribution in [3.63, 3.8) is 0 Å². The number of aryl methyl sites for hydroxylation is 1. The smallest absolute Gasteiger partial charge is 0.306 e. The van der Waals surface area contributed by atoms with Gasteiger partial charge in [0, 0.05) is 24.7 Å². The molecule has 1 fully saturated rings. The van der Waals surface area contributed by atoms with Crippen LogP contribution in [0.4, 0.5) is 0 Å². The van der Waals surface area contributed by atoms with E-state index in [1.807, 2.05) is 24.3 Å². The van der Waals surface area contributed by atoms with Crippen LogP contribution in [0.25, 0.3) is 0 Å². The van der Waals surface area contributed by atoms with E-state index in [1.54, 1.807) is 6.08 Å². The molecule has 0 bridgehead atoms. The molecule has 3 rings (SSSR count). The van der Waals surface area contributed by atoms with Crippen LogP contribution in [0.1, 0.15) is 44.1 Å². The van der Waals surface area contributed by atoms with Crippen LogP contribution in [0.5, 0.6) is 0 Å². The molecule has 146 valence electrons. The molecule has 4 nitrogen and oxygen atoms in total. The first-order valence-corrected chi connectivity index (χ1v) is 10.1. The maximum absolute atomic E-state index is 12.0. The summed E-state index contributed by atoms with van der Waals surface area (Å²) >= 11 is 0. The molecule has 0 aromatic heterocycles. The van der Waals surface area contributed by atoms with Gasteiger partial charge in [0.15, 0.2) is 0 Å². The Hall–Kier alpha value is -1.91. The average molecular weight is 370 g/mol. The van der Waals surface area contributed by atoms with Crippen LogP contribution < -0.4 is 0 Å². The van der Waals surface area contributed by atoms with E-state index in [0.29, 0.717) is 19.3 Å². The van der Waals surface area contributed by atoms with Gasteiger partial charge in [0.2, 0.25) is 0 Å². The van der Waals surface area contributed by atoms with Crippen molar-refractivity contribution in [3.05, 3.63) is 60.2 Å². The van der Waals surface area contributed by atoms with Gasteiger partial charge >= 0.3 is 5.97 Å². The lowest BCUT2D eigenvalue weighted by atomic mass is 9.89. The number of carbonyl (C=O) groups is 1. The van der Waals surface area contributed by atoms with Crippen LogP contribution >= 0.6 is 0 Å². The minimum atomic E-state index is -0.547. The lowest BCUT2D eigenvalue weighted by molar-refractivity contribution is -0.151. The summed E-state index contributed by atoms with van der Waals surface area (Å²) in [7, 11) is 0. The van der Waals surface area contributed by atoms with Crippen molar-refractivity contribution in [1.82, 2.24) is 0 Å². The van der Waals surface area contributed by atoms with Gasteiger partial charge in [-0.3, -0.25) is 4.79 Å². The Kier molecular flexibility index (Phi) is 7.25. The second kappa shape index (κ2) is 9.86. The summed E-state index contributed by atoms with van der Waals surface area (Å²) in [5, 5.41) is 20.8. The van der Waals surface area contributed by atoms with Gasteiger partial charge in [0.05, 0.1) is 12.2 Å². The van der Waals surface area contributed by atoms with Gasteiger partial charge < -0.3 is 14.9 Å². The van der Waals surface area contributed by atoms with Gasteiger partial charge in [-0.1, -0.05) is 54.6 Å². The number of esters is 1. The predicted molar refractivity (Wildman–Crippen MR) is 105 cm³/mol. The van der Waals surface area contributed by atoms with Gasteiger partial charge in [-0.15, -0.1) is 0 Å². The van der Waals surface area contributed by atoms with E-state index in [2.05, 4.69) is 24.3 Å². The highest BCUT2D eigenvalue weighted by Crippen LogP contribution is 2.38. The van der Waals surface area contributed by atoms with Crippen molar-refractivity contribution in [2.24, 2.45) is 11.8 Å². The van der Waals surface area contributed by atoms with E-state index < -0.39 is 12.2 Å². The van der Waals surface area contributed by atoms with E-state index in [4.69, 9.17) is 4.74 Å². The van der Waals surface area contributed by atoms with Gasteiger partial charge in [-0.2, -0.15) is 0 Å². The molecular formula is C23H30O4. The Morgan fingerprint density at radius 3 is 2.85 bits per heavy atom. The van der Waals surface area contributed by atoms with E-state index in [1.165, 1.54) is 5.56 Å². The van der Waals surface area contributed by atoms with Crippen molar-refractivity contribution in [1.29, 1.82) is 0 Å². The number of benzene rings is 1. The molecule has 0 spiro atoms. The fourth-order valence-corrected chi connectivity index (χ4v) is 4.09. The van der Waals surface area contributed by atoms with E-state index >= 15 is 0 Å². The number of fused-ring (bicyclic) bond motifs is 1. The third-order valence-electron chi connectivity index (χ3n) is 5.63. The predicted octanol–water partition coefficient (Wildman–Crippen LogP) is 3.58. The third-order valence-corrected chi connectivity index (χ3v) is 5.63. The summed E-state index contributed by atoms with van der Waals surface area (Å²) < 4.78 is 5.63. The third kappa shape index (κ3) is 5.78. The molecule has 1 aromatic carbocycles. The van der Waals surface area contributed by atoms with Crippen molar-refractivity contribution in [2.45, 2.75) is 63.3 Å². The Morgan fingerprint density at radius 2 is 2.04 bits per heavy atom. The zero-order valence-corrected chi connectivity index (χ0v) is 15.7. The quantitative estimate of drug-likeness (QED) is 0.614. The fraction of sp³-hybridized carbons (Fsp3) is 0.522. The highest BCUT2D eigenvalue weighted by atomic mass is 16.5. The number of aliphatic hydroxyl groups is 2. The number of rotatable bonds is 5. The number of hydrogen-bond donors (Lipinski definition) is 2. The Morgan fingerprint density at radius 1 is 1.22 bits per heavy atom. The van der Waals surface area contributed by atoms with Crippen molar-refractivity contribution in [2.75, 3.05) is 0 Å². The maximum Gasteiger partial charge on any atom is 0.306 e. The molecular weight excluding hydrogens is 340 g/mol. The first kappa shape index (κ1) is 19.8. The molecule has 2 N–H and O–H groups in total. The molecule has 0 radical (unpaired) electrons. The molecule has 0 saturated heterocycles. The minimum Gasteiger partial charge on any atom is -0.462 e. The van der Waals surface area contributed by atoms with Gasteiger partial charge in [0.25, 0.3) is 0 Å². The molecule has 4 heteroatoms. The number of carbonyl (C=O) groups excluding carboxylic acids is 1. The Balaban J connectivity index is 1.60. The molecule has 1 saturated carbocycles. The number of hydrogen-bond acceptors (Lipinski definition) is 4. The zero-order chi connectivity index (χ0) is 19.1. The summed E-state index contributed by atoms with van der Waals surface area (Å²) in [5.74, 6) is -0.200. The molecule has 1 heterocycles. The van der Waals surface area contributed by atoms with Crippen molar-refractivity contribution in [3.8, 4) is 0 Å². The molecule has 1 aliphatic heterocycles. The summed E-state index contributed by atoms with van der Waals surface area (Å²) in [6.07, 6.45) is 11.5. The van der Waals surface area contributed by atoms with E-state index in [-0.39, 0.29) is 23.9 Å². The Bertz CT molecular complexity index is 652. The summed E-state index contributed by atoms with van der Waals surface area (Å²) in [4.78, 5) is 12.0. The number of allylic oxidation sites excluding steroid dienone is 2. The second-order valence-electron chi connectivity index (χ2n) is 7.65. The standard InChI is InChI=1S/C23H30O4/c24-18(13-12-17-8-4-3-5-9-17)14-15-19-20-10-6-1-2-7-11-23(26)27-22(20)16-21(19)25/h1,3-6,8-9,14-15,18-22,24-25H,2,7,10-13,16H2/b6-1-,15-14+/t18-,19+,20+,21+,22-/m0/s1. The summed E-state index contributed by atoms with van der Waals surface area (Å²) in [5.41, 5.74) is 1.20. The molecule has 27 heavy (non-hydrogen) atoms. The highest BCUT2D eigenvalue weighted by Gasteiger charge is 2.42. The molecule has 5 atom stereocenters. The van der Waals surface area contributed by atoms with Crippen LogP contribution in [0.2, 0.25) is 0 Å². The van der Waals surface area contributed by atoms with Crippen LogP contribution in [0.3, 0.4) is 0 Å². The molecule has 0 unspecified atom stereocenters. The minimum absolute atomic E-state index is 0.0656. The van der Waals surface area contributed by atoms with Gasteiger partial charge in [-0.05, 0) is 37.7 Å². The van der Waals surface area contributed by atoms with E-state index in [0.717, 1.165) is 25.7 Å². The zero-order valence-electron chi connectivity index (χ0n) is 15.7. The van der Waals surface area contributed by atoms with Gasteiger partial charge in [-0.25, -0.2) is 0 Å². The van der Waals surface area contributed by atoms with Crippen molar-refractivity contribution < 1.29 is 19.7 Å². The average Bonchev–Trinajstić information content (AvgIpc) is 2.96. The Labute approximate surface area is 161 Å². The molecule has 0 amide bonds. The lowest BCUT2D eigenvalue weighted by Crippen LogP contribution is -2.25. The normalized spacial score (nSPS) is 31.3. The summed E-state index contributed by atoms with van der Waals surface area (Å²) in [6, 6.07) is 10.1. The monoisotopic (exact) mass is 370 g/mol. The van der Waals surface area contributed by atoms with Crippen LogP contribution in [-0.2, 0) is 16.0 Å². The molecule has 1 aromatic rings. The SMILES string of the molecule is O=C1CCC/C=C\C[C@@H]2[C@@H](/C=C/[C@@H](O)CCc3ccccc3)[C@H](O)C[C@@H]2O1. The molecule has 2 aliphatic rings. The molecule has 1 aliphatic carbocycles. The van der Waals surface area contributed by atoms with Crippen molar-refractivity contribution >= 4 is 5.97 Å².